The van der Waals surface area contributed by atoms with Gasteiger partial charge in [-0.3, -0.25) is 9.59 Å². The molecule has 0 bridgehead atoms. The van der Waals surface area contributed by atoms with Gasteiger partial charge in [-0.25, -0.2) is 0 Å². The molecule has 0 radical (unpaired) electrons. The monoisotopic (exact) mass is 384 g/mol. The lowest BCUT2D eigenvalue weighted by Gasteiger charge is -2.22. The number of phenols is 1. The summed E-state index contributed by atoms with van der Waals surface area (Å²) >= 11 is 0. The Morgan fingerprint density at radius 1 is 1.11 bits per heavy atom. The van der Waals surface area contributed by atoms with Crippen molar-refractivity contribution in [3.63, 3.8) is 0 Å². The molecular weight excluding hydrogens is 360 g/mol. The van der Waals surface area contributed by atoms with Gasteiger partial charge < -0.3 is 24.8 Å². The van der Waals surface area contributed by atoms with E-state index < -0.39 is 0 Å². The molecule has 7 heteroatoms. The van der Waals surface area contributed by atoms with E-state index in [1.165, 1.54) is 12.1 Å². The summed E-state index contributed by atoms with van der Waals surface area (Å²) in [5.74, 6) is 0.889. The highest BCUT2D eigenvalue weighted by Crippen LogP contribution is 2.29. The van der Waals surface area contributed by atoms with Crippen LogP contribution in [-0.4, -0.2) is 48.1 Å². The number of rotatable bonds is 9. The molecule has 2 aromatic rings. The summed E-state index contributed by atoms with van der Waals surface area (Å²) < 4.78 is 10.8. The van der Waals surface area contributed by atoms with E-state index in [0.717, 1.165) is 12.8 Å². The van der Waals surface area contributed by atoms with Crippen LogP contribution < -0.4 is 14.8 Å². The molecule has 0 heterocycles. The van der Waals surface area contributed by atoms with Crippen LogP contribution in [0.25, 0.3) is 0 Å². The van der Waals surface area contributed by atoms with Crippen LogP contribution in [0.1, 0.15) is 19.3 Å². The summed E-state index contributed by atoms with van der Waals surface area (Å²) in [6.45, 7) is 0.235. The SMILES string of the molecule is COc1ccccc1OCC(=O)N(CCC(=O)Nc1ccc(O)cc1)C1CC1. The summed E-state index contributed by atoms with van der Waals surface area (Å²) in [5, 5.41) is 12.0. The standard InChI is InChI=1S/C21H24N2O5/c1-27-18-4-2-3-5-19(18)28-14-21(26)23(16-8-9-16)13-12-20(25)22-15-6-10-17(24)11-7-15/h2-7,10-11,16,24H,8-9,12-14H2,1H3,(H,22,25). The number of amides is 2. The highest BCUT2D eigenvalue weighted by molar-refractivity contribution is 5.91. The fourth-order valence-electron chi connectivity index (χ4n) is 2.85. The largest absolute Gasteiger partial charge is 0.508 e. The number of nitrogens with zero attached hydrogens (tertiary/aromatic N) is 1. The first-order chi connectivity index (χ1) is 13.6. The number of methoxy groups -OCH3 is 1. The molecule has 2 amide bonds. The number of aromatic hydroxyl groups is 1. The average molecular weight is 384 g/mol. The first kappa shape index (κ1) is 19.5. The molecule has 1 aliphatic rings. The second-order valence-corrected chi connectivity index (χ2v) is 6.60. The van der Waals surface area contributed by atoms with Crippen molar-refractivity contribution in [1.29, 1.82) is 0 Å². The molecule has 0 aliphatic heterocycles. The molecule has 0 atom stereocenters. The third-order valence-corrected chi connectivity index (χ3v) is 4.46. The molecule has 1 fully saturated rings. The normalized spacial score (nSPS) is 12.9. The lowest BCUT2D eigenvalue weighted by molar-refractivity contribution is -0.134. The molecule has 3 rings (SSSR count). The molecular formula is C21H24N2O5. The van der Waals surface area contributed by atoms with Crippen molar-refractivity contribution >= 4 is 17.5 Å². The number of carbonyl (C=O) groups excluding carboxylic acids is 2. The minimum atomic E-state index is -0.185. The molecule has 0 saturated heterocycles. The van der Waals surface area contributed by atoms with E-state index in [1.807, 2.05) is 12.1 Å². The minimum Gasteiger partial charge on any atom is -0.508 e. The Labute approximate surface area is 163 Å². The van der Waals surface area contributed by atoms with Crippen LogP contribution in [0.15, 0.2) is 48.5 Å². The first-order valence-electron chi connectivity index (χ1n) is 9.21. The van der Waals surface area contributed by atoms with E-state index in [0.29, 0.717) is 23.7 Å². The van der Waals surface area contributed by atoms with Crippen molar-refractivity contribution in [1.82, 2.24) is 4.90 Å². The summed E-state index contributed by atoms with van der Waals surface area (Å²) in [6, 6.07) is 13.6. The third kappa shape index (κ3) is 5.39. The summed E-state index contributed by atoms with van der Waals surface area (Å²) in [5.41, 5.74) is 0.603. The highest BCUT2D eigenvalue weighted by Gasteiger charge is 2.32. The average Bonchev–Trinajstić information content (AvgIpc) is 3.53. The summed E-state index contributed by atoms with van der Waals surface area (Å²) in [6.07, 6.45) is 2.08. The first-order valence-corrected chi connectivity index (χ1v) is 9.21. The Morgan fingerprint density at radius 2 is 1.79 bits per heavy atom. The molecule has 1 aliphatic carbocycles. The highest BCUT2D eigenvalue weighted by atomic mass is 16.5. The molecule has 28 heavy (non-hydrogen) atoms. The number of carbonyl (C=O) groups is 2. The second-order valence-electron chi connectivity index (χ2n) is 6.60. The van der Waals surface area contributed by atoms with Gasteiger partial charge in [-0.2, -0.15) is 0 Å². The number of hydrogen-bond donors (Lipinski definition) is 2. The number of anilines is 1. The maximum Gasteiger partial charge on any atom is 0.260 e. The van der Waals surface area contributed by atoms with Gasteiger partial charge in [0.05, 0.1) is 7.11 Å². The van der Waals surface area contributed by atoms with E-state index in [1.54, 1.807) is 36.3 Å². The number of phenolic OH excluding ortho intramolecular Hbond substituents is 1. The molecule has 0 spiro atoms. The van der Waals surface area contributed by atoms with E-state index in [9.17, 15) is 14.7 Å². The minimum absolute atomic E-state index is 0.101. The predicted octanol–water partition coefficient (Wildman–Crippen LogP) is 2.80. The Hall–Kier alpha value is -3.22. The van der Waals surface area contributed by atoms with Crippen LogP contribution in [0, 0.1) is 0 Å². The molecule has 7 nitrogen and oxygen atoms in total. The smallest absolute Gasteiger partial charge is 0.260 e. The Morgan fingerprint density at radius 3 is 2.43 bits per heavy atom. The van der Waals surface area contributed by atoms with Crippen LogP contribution in [-0.2, 0) is 9.59 Å². The zero-order chi connectivity index (χ0) is 19.9. The lowest BCUT2D eigenvalue weighted by Crippen LogP contribution is -2.38. The molecule has 0 aromatic heterocycles. The zero-order valence-corrected chi connectivity index (χ0v) is 15.8. The summed E-state index contributed by atoms with van der Waals surface area (Å²) in [4.78, 5) is 26.5. The van der Waals surface area contributed by atoms with Gasteiger partial charge in [0.25, 0.3) is 5.91 Å². The van der Waals surface area contributed by atoms with Gasteiger partial charge >= 0.3 is 0 Å². The molecule has 0 unspecified atom stereocenters. The van der Waals surface area contributed by atoms with Crippen molar-refractivity contribution in [2.75, 3.05) is 25.6 Å². The number of ether oxygens (including phenoxy) is 2. The fraction of sp³-hybridized carbons (Fsp3) is 0.333. The van der Waals surface area contributed by atoms with Crippen LogP contribution in [0.4, 0.5) is 5.69 Å². The topological polar surface area (TPSA) is 88.1 Å². The van der Waals surface area contributed by atoms with Gasteiger partial charge in [-0.05, 0) is 49.2 Å². The van der Waals surface area contributed by atoms with Crippen molar-refractivity contribution in [2.24, 2.45) is 0 Å². The number of para-hydroxylation sites is 2. The Bertz CT molecular complexity index is 818. The van der Waals surface area contributed by atoms with Crippen molar-refractivity contribution < 1.29 is 24.2 Å². The van der Waals surface area contributed by atoms with Crippen molar-refractivity contribution in [3.05, 3.63) is 48.5 Å². The quantitative estimate of drug-likeness (QED) is 0.649. The maximum atomic E-state index is 12.6. The number of hydrogen-bond acceptors (Lipinski definition) is 5. The van der Waals surface area contributed by atoms with Gasteiger partial charge in [-0.15, -0.1) is 0 Å². The van der Waals surface area contributed by atoms with E-state index >= 15 is 0 Å². The van der Waals surface area contributed by atoms with E-state index in [-0.39, 0.29) is 36.6 Å². The van der Waals surface area contributed by atoms with Crippen molar-refractivity contribution in [3.8, 4) is 17.2 Å². The van der Waals surface area contributed by atoms with Gasteiger partial charge in [0.2, 0.25) is 5.91 Å². The summed E-state index contributed by atoms with van der Waals surface area (Å²) in [7, 11) is 1.55. The van der Waals surface area contributed by atoms with Crippen molar-refractivity contribution in [2.45, 2.75) is 25.3 Å². The molecule has 148 valence electrons. The molecule has 1 saturated carbocycles. The van der Waals surface area contributed by atoms with Crippen LogP contribution in [0.2, 0.25) is 0 Å². The van der Waals surface area contributed by atoms with Crippen LogP contribution in [0.3, 0.4) is 0 Å². The van der Waals surface area contributed by atoms with E-state index in [4.69, 9.17) is 9.47 Å². The third-order valence-electron chi connectivity index (χ3n) is 4.46. The molecule has 2 aromatic carbocycles. The second kappa shape index (κ2) is 9.12. The Balaban J connectivity index is 1.51. The fourth-order valence-corrected chi connectivity index (χ4v) is 2.85. The number of nitrogens with one attached hydrogen (secondary N) is 1. The van der Waals surface area contributed by atoms with Gasteiger partial charge in [0.1, 0.15) is 5.75 Å². The lowest BCUT2D eigenvalue weighted by atomic mass is 10.3. The van der Waals surface area contributed by atoms with Gasteiger partial charge in [-0.1, -0.05) is 12.1 Å². The zero-order valence-electron chi connectivity index (χ0n) is 15.8. The maximum absolute atomic E-state index is 12.6. The van der Waals surface area contributed by atoms with E-state index in [2.05, 4.69) is 5.32 Å². The Kier molecular flexibility index (Phi) is 6.37. The van der Waals surface area contributed by atoms with Gasteiger partial charge in [0, 0.05) is 24.7 Å². The van der Waals surface area contributed by atoms with Gasteiger partial charge in [0.15, 0.2) is 18.1 Å². The predicted molar refractivity (Wildman–Crippen MR) is 105 cm³/mol. The number of benzene rings is 2. The van der Waals surface area contributed by atoms with Crippen LogP contribution in [0.5, 0.6) is 17.2 Å². The molecule has 2 N–H and O–H groups in total. The van der Waals surface area contributed by atoms with Crippen LogP contribution >= 0.6 is 0 Å².